The maximum Gasteiger partial charge on any atom is 0.119 e. The third-order valence-corrected chi connectivity index (χ3v) is 4.02. The summed E-state index contributed by atoms with van der Waals surface area (Å²) in [6.45, 7) is 1.81. The van der Waals surface area contributed by atoms with Crippen molar-refractivity contribution in [3.8, 4) is 5.75 Å². The third kappa shape index (κ3) is 4.58. The molecule has 0 saturated carbocycles. The molecule has 0 amide bonds. The number of benzene rings is 1. The standard InChI is InChI=1S/C21H24N4O/c1-25(2)13-12-23-21-14-17(8-7-16-6-4-5-11-22-16)24-20-10-9-18(26-3)15-19(20)21/h4-11,14-15H,12-13H2,1-3H3,(H,23,24)/b8-7+. The van der Waals surface area contributed by atoms with Crippen molar-refractivity contribution in [3.05, 3.63) is 60.0 Å². The summed E-state index contributed by atoms with van der Waals surface area (Å²) in [6, 6.07) is 13.9. The van der Waals surface area contributed by atoms with E-state index in [-0.39, 0.29) is 0 Å². The highest BCUT2D eigenvalue weighted by Crippen LogP contribution is 2.27. The van der Waals surface area contributed by atoms with Crippen LogP contribution >= 0.6 is 0 Å². The predicted octanol–water partition coefficient (Wildman–Crippen LogP) is 3.78. The summed E-state index contributed by atoms with van der Waals surface area (Å²) < 4.78 is 5.37. The van der Waals surface area contributed by atoms with E-state index < -0.39 is 0 Å². The van der Waals surface area contributed by atoms with Gasteiger partial charge in [0, 0.05) is 30.4 Å². The van der Waals surface area contributed by atoms with E-state index in [1.807, 2.05) is 48.6 Å². The second-order valence-electron chi connectivity index (χ2n) is 6.30. The Morgan fingerprint density at radius 1 is 1.08 bits per heavy atom. The van der Waals surface area contributed by atoms with Gasteiger partial charge in [-0.2, -0.15) is 0 Å². The average molecular weight is 348 g/mol. The van der Waals surface area contributed by atoms with Crippen molar-refractivity contribution in [3.63, 3.8) is 0 Å². The highest BCUT2D eigenvalue weighted by molar-refractivity contribution is 5.93. The minimum Gasteiger partial charge on any atom is -0.497 e. The summed E-state index contributed by atoms with van der Waals surface area (Å²) in [4.78, 5) is 11.2. The van der Waals surface area contributed by atoms with E-state index in [9.17, 15) is 0 Å². The van der Waals surface area contributed by atoms with Gasteiger partial charge in [0.2, 0.25) is 0 Å². The van der Waals surface area contributed by atoms with Gasteiger partial charge in [0.15, 0.2) is 0 Å². The van der Waals surface area contributed by atoms with E-state index in [2.05, 4.69) is 35.4 Å². The van der Waals surface area contributed by atoms with E-state index in [0.29, 0.717) is 0 Å². The first-order valence-electron chi connectivity index (χ1n) is 8.62. The zero-order valence-corrected chi connectivity index (χ0v) is 15.4. The van der Waals surface area contributed by atoms with Crippen LogP contribution in [-0.4, -0.2) is 49.2 Å². The zero-order chi connectivity index (χ0) is 18.4. The van der Waals surface area contributed by atoms with Gasteiger partial charge in [0.25, 0.3) is 0 Å². The molecule has 0 bridgehead atoms. The van der Waals surface area contributed by atoms with Gasteiger partial charge >= 0.3 is 0 Å². The Labute approximate surface area is 154 Å². The molecule has 26 heavy (non-hydrogen) atoms. The first kappa shape index (κ1) is 17.9. The lowest BCUT2D eigenvalue weighted by molar-refractivity contribution is 0.415. The lowest BCUT2D eigenvalue weighted by Gasteiger charge is -2.14. The topological polar surface area (TPSA) is 50.3 Å². The van der Waals surface area contributed by atoms with Crippen molar-refractivity contribution < 1.29 is 4.74 Å². The normalized spacial score (nSPS) is 11.4. The average Bonchev–Trinajstić information content (AvgIpc) is 2.66. The van der Waals surface area contributed by atoms with Crippen LogP contribution in [-0.2, 0) is 0 Å². The first-order valence-corrected chi connectivity index (χ1v) is 8.62. The molecule has 0 atom stereocenters. The predicted molar refractivity (Wildman–Crippen MR) is 109 cm³/mol. The molecule has 0 fully saturated rings. The molecule has 3 aromatic rings. The lowest BCUT2D eigenvalue weighted by Crippen LogP contribution is -2.20. The fourth-order valence-electron chi connectivity index (χ4n) is 2.64. The molecule has 2 heterocycles. The van der Waals surface area contributed by atoms with Gasteiger partial charge in [-0.15, -0.1) is 0 Å². The lowest BCUT2D eigenvalue weighted by atomic mass is 10.1. The number of likely N-dealkylation sites (N-methyl/N-ethyl adjacent to an activating group) is 1. The van der Waals surface area contributed by atoms with Crippen LogP contribution in [0.2, 0.25) is 0 Å². The minimum absolute atomic E-state index is 0.826. The van der Waals surface area contributed by atoms with Crippen LogP contribution in [0.15, 0.2) is 48.7 Å². The molecule has 134 valence electrons. The molecular formula is C21H24N4O. The van der Waals surface area contributed by atoms with Gasteiger partial charge in [-0.3, -0.25) is 4.98 Å². The van der Waals surface area contributed by atoms with Crippen LogP contribution in [0.3, 0.4) is 0 Å². The Hall–Kier alpha value is -2.92. The van der Waals surface area contributed by atoms with E-state index in [1.165, 1.54) is 0 Å². The summed E-state index contributed by atoms with van der Waals surface area (Å²) in [5.41, 5.74) is 3.78. The van der Waals surface area contributed by atoms with Crippen LogP contribution in [0.5, 0.6) is 5.75 Å². The summed E-state index contributed by atoms with van der Waals surface area (Å²) in [5.74, 6) is 0.826. The number of aromatic nitrogens is 2. The van der Waals surface area contributed by atoms with Crippen molar-refractivity contribution >= 4 is 28.7 Å². The van der Waals surface area contributed by atoms with E-state index >= 15 is 0 Å². The van der Waals surface area contributed by atoms with Crippen molar-refractivity contribution in [2.24, 2.45) is 0 Å². The molecule has 3 rings (SSSR count). The van der Waals surface area contributed by atoms with Gasteiger partial charge in [-0.25, -0.2) is 4.98 Å². The number of nitrogens with one attached hydrogen (secondary N) is 1. The number of hydrogen-bond donors (Lipinski definition) is 1. The van der Waals surface area contributed by atoms with Crippen LogP contribution < -0.4 is 10.1 Å². The SMILES string of the molecule is COc1ccc2nc(/C=C/c3ccccn3)cc(NCCN(C)C)c2c1. The number of nitrogens with zero attached hydrogens (tertiary/aromatic N) is 3. The second kappa shape index (κ2) is 8.45. The molecule has 0 radical (unpaired) electrons. The van der Waals surface area contributed by atoms with Crippen LogP contribution in [0, 0.1) is 0 Å². The van der Waals surface area contributed by atoms with Crippen molar-refractivity contribution in [1.29, 1.82) is 0 Å². The summed E-state index contributed by atoms with van der Waals surface area (Å²) >= 11 is 0. The fraction of sp³-hybridized carbons (Fsp3) is 0.238. The molecule has 1 aromatic carbocycles. The molecule has 0 aliphatic heterocycles. The van der Waals surface area contributed by atoms with Crippen molar-refractivity contribution in [2.75, 3.05) is 39.6 Å². The van der Waals surface area contributed by atoms with Gasteiger partial charge < -0.3 is 15.0 Å². The van der Waals surface area contributed by atoms with Crippen LogP contribution in [0.25, 0.3) is 23.1 Å². The molecule has 0 spiro atoms. The quantitative estimate of drug-likeness (QED) is 0.704. The second-order valence-corrected chi connectivity index (χ2v) is 6.30. The van der Waals surface area contributed by atoms with E-state index in [1.54, 1.807) is 13.3 Å². The maximum atomic E-state index is 5.37. The van der Waals surface area contributed by atoms with Gasteiger partial charge in [0.05, 0.1) is 24.0 Å². The monoisotopic (exact) mass is 348 g/mol. The summed E-state index contributed by atoms with van der Waals surface area (Å²) in [5, 5.41) is 4.58. The van der Waals surface area contributed by atoms with Gasteiger partial charge in [-0.05, 0) is 62.6 Å². The molecule has 0 aliphatic carbocycles. The van der Waals surface area contributed by atoms with Crippen molar-refractivity contribution in [1.82, 2.24) is 14.9 Å². The van der Waals surface area contributed by atoms with Gasteiger partial charge in [-0.1, -0.05) is 6.07 Å². The highest BCUT2D eigenvalue weighted by Gasteiger charge is 2.06. The Bertz CT molecular complexity index is 891. The number of hydrogen-bond acceptors (Lipinski definition) is 5. The maximum absolute atomic E-state index is 5.37. The highest BCUT2D eigenvalue weighted by atomic mass is 16.5. The van der Waals surface area contributed by atoms with E-state index in [0.717, 1.165) is 46.8 Å². The molecular weight excluding hydrogens is 324 g/mol. The molecule has 1 N–H and O–H groups in total. The number of anilines is 1. The number of ether oxygens (including phenoxy) is 1. The Balaban J connectivity index is 1.95. The summed E-state index contributed by atoms with van der Waals surface area (Å²) in [7, 11) is 5.81. The number of rotatable bonds is 7. The molecule has 0 saturated heterocycles. The van der Waals surface area contributed by atoms with Crippen LogP contribution in [0.4, 0.5) is 5.69 Å². The fourth-order valence-corrected chi connectivity index (χ4v) is 2.64. The molecule has 2 aromatic heterocycles. The first-order chi connectivity index (χ1) is 12.7. The van der Waals surface area contributed by atoms with Crippen LogP contribution in [0.1, 0.15) is 11.4 Å². The molecule has 0 aliphatic rings. The Morgan fingerprint density at radius 3 is 2.65 bits per heavy atom. The zero-order valence-electron chi connectivity index (χ0n) is 15.4. The Kier molecular flexibility index (Phi) is 5.81. The van der Waals surface area contributed by atoms with E-state index in [4.69, 9.17) is 9.72 Å². The number of fused-ring (bicyclic) bond motifs is 1. The number of pyridine rings is 2. The molecule has 5 heteroatoms. The molecule has 0 unspecified atom stereocenters. The smallest absolute Gasteiger partial charge is 0.119 e. The van der Waals surface area contributed by atoms with Gasteiger partial charge in [0.1, 0.15) is 5.75 Å². The van der Waals surface area contributed by atoms with Crippen molar-refractivity contribution in [2.45, 2.75) is 0 Å². The molecule has 5 nitrogen and oxygen atoms in total. The third-order valence-electron chi connectivity index (χ3n) is 4.02. The minimum atomic E-state index is 0.826. The Morgan fingerprint density at radius 2 is 1.92 bits per heavy atom. The largest absolute Gasteiger partial charge is 0.497 e. The summed E-state index contributed by atoms with van der Waals surface area (Å²) in [6.07, 6.45) is 5.75. The number of methoxy groups -OCH3 is 1.